The quantitative estimate of drug-likeness (QED) is 0.791. The standard InChI is InChI=1S/C19H29N3O3/c1-14(23)21-9-17(12-25-11-16-4-6-24-7-5-16)19-18(10-21)20-13-22(19)8-15-2-3-15/h13,15-17H,2-12H2,1H3/t17-/m0/s1. The van der Waals surface area contributed by atoms with Gasteiger partial charge in [-0.1, -0.05) is 0 Å². The summed E-state index contributed by atoms with van der Waals surface area (Å²) in [6.45, 7) is 7.27. The SMILES string of the molecule is CC(=O)N1Cc2ncn(CC3CC3)c2[C@H](COCC2CCOCC2)C1. The van der Waals surface area contributed by atoms with Crippen LogP contribution in [0.4, 0.5) is 0 Å². The Kier molecular flexibility index (Phi) is 5.08. The van der Waals surface area contributed by atoms with Crippen LogP contribution in [0, 0.1) is 11.8 Å². The van der Waals surface area contributed by atoms with Gasteiger partial charge in [0.05, 0.1) is 25.2 Å². The Bertz CT molecular complexity index is 605. The van der Waals surface area contributed by atoms with Crippen molar-refractivity contribution in [1.29, 1.82) is 0 Å². The molecule has 138 valence electrons. The summed E-state index contributed by atoms with van der Waals surface area (Å²) in [6, 6.07) is 0. The predicted molar refractivity (Wildman–Crippen MR) is 93.1 cm³/mol. The van der Waals surface area contributed by atoms with E-state index in [2.05, 4.69) is 9.55 Å². The van der Waals surface area contributed by atoms with Crippen LogP contribution < -0.4 is 0 Å². The number of ether oxygens (including phenoxy) is 2. The number of carbonyl (C=O) groups is 1. The van der Waals surface area contributed by atoms with Crippen LogP contribution in [-0.2, 0) is 27.4 Å². The summed E-state index contributed by atoms with van der Waals surface area (Å²) < 4.78 is 13.9. The average molecular weight is 347 g/mol. The molecule has 0 aromatic carbocycles. The monoisotopic (exact) mass is 347 g/mol. The third kappa shape index (κ3) is 4.06. The Balaban J connectivity index is 1.43. The third-order valence-electron chi connectivity index (χ3n) is 5.74. The van der Waals surface area contributed by atoms with Crippen molar-refractivity contribution in [3.8, 4) is 0 Å². The lowest BCUT2D eigenvalue weighted by molar-refractivity contribution is -0.130. The second-order valence-electron chi connectivity index (χ2n) is 7.86. The van der Waals surface area contributed by atoms with Crippen LogP contribution in [0.15, 0.2) is 6.33 Å². The average Bonchev–Trinajstić information content (AvgIpc) is 3.34. The van der Waals surface area contributed by atoms with Gasteiger partial charge in [-0.3, -0.25) is 4.79 Å². The first-order valence-corrected chi connectivity index (χ1v) is 9.65. The molecule has 3 aliphatic rings. The van der Waals surface area contributed by atoms with Gasteiger partial charge in [-0.2, -0.15) is 0 Å². The van der Waals surface area contributed by atoms with Gasteiger partial charge in [-0.05, 0) is 37.5 Å². The van der Waals surface area contributed by atoms with E-state index in [0.29, 0.717) is 19.1 Å². The fraction of sp³-hybridized carbons (Fsp3) is 0.789. The fourth-order valence-corrected chi connectivity index (χ4v) is 4.01. The van der Waals surface area contributed by atoms with Crippen molar-refractivity contribution in [3.63, 3.8) is 0 Å². The van der Waals surface area contributed by atoms with E-state index in [-0.39, 0.29) is 11.8 Å². The molecular weight excluding hydrogens is 318 g/mol. The molecule has 6 nitrogen and oxygen atoms in total. The molecule has 1 saturated carbocycles. The molecule has 2 aliphatic heterocycles. The maximum Gasteiger partial charge on any atom is 0.219 e. The molecule has 0 N–H and O–H groups in total. The Morgan fingerprint density at radius 3 is 2.76 bits per heavy atom. The van der Waals surface area contributed by atoms with Gasteiger partial charge in [0.2, 0.25) is 5.91 Å². The zero-order valence-corrected chi connectivity index (χ0v) is 15.2. The van der Waals surface area contributed by atoms with Crippen LogP contribution in [0.2, 0.25) is 0 Å². The van der Waals surface area contributed by atoms with Gasteiger partial charge in [0, 0.05) is 51.4 Å². The van der Waals surface area contributed by atoms with E-state index in [1.54, 1.807) is 6.92 Å². The second-order valence-corrected chi connectivity index (χ2v) is 7.86. The highest BCUT2D eigenvalue weighted by atomic mass is 16.5. The lowest BCUT2D eigenvalue weighted by Crippen LogP contribution is -2.39. The first-order valence-electron chi connectivity index (χ1n) is 9.65. The van der Waals surface area contributed by atoms with Crippen molar-refractivity contribution in [2.24, 2.45) is 11.8 Å². The maximum absolute atomic E-state index is 11.9. The number of amides is 1. The lowest BCUT2D eigenvalue weighted by atomic mass is 9.98. The highest BCUT2D eigenvalue weighted by Crippen LogP contribution is 2.34. The molecule has 0 bridgehead atoms. The van der Waals surface area contributed by atoms with E-state index in [4.69, 9.17) is 9.47 Å². The zero-order chi connectivity index (χ0) is 17.2. The summed E-state index contributed by atoms with van der Waals surface area (Å²) >= 11 is 0. The minimum atomic E-state index is 0.122. The predicted octanol–water partition coefficient (Wildman–Crippen LogP) is 2.18. The van der Waals surface area contributed by atoms with E-state index in [9.17, 15) is 4.79 Å². The molecule has 0 radical (unpaired) electrons. The molecule has 1 aliphatic carbocycles. The molecule has 0 unspecified atom stereocenters. The molecule has 1 atom stereocenters. The smallest absolute Gasteiger partial charge is 0.219 e. The second kappa shape index (κ2) is 7.46. The van der Waals surface area contributed by atoms with Crippen molar-refractivity contribution in [2.75, 3.05) is 33.0 Å². The minimum absolute atomic E-state index is 0.122. The number of carbonyl (C=O) groups excluding carboxylic acids is 1. The Hall–Kier alpha value is -1.40. The summed E-state index contributed by atoms with van der Waals surface area (Å²) in [7, 11) is 0. The number of fused-ring (bicyclic) bond motifs is 1. The maximum atomic E-state index is 11.9. The third-order valence-corrected chi connectivity index (χ3v) is 5.74. The Morgan fingerprint density at radius 1 is 1.24 bits per heavy atom. The number of imidazole rings is 1. The summed E-state index contributed by atoms with van der Waals surface area (Å²) in [4.78, 5) is 18.4. The number of rotatable bonds is 6. The van der Waals surface area contributed by atoms with E-state index in [0.717, 1.165) is 57.4 Å². The van der Waals surface area contributed by atoms with Crippen LogP contribution in [0.25, 0.3) is 0 Å². The van der Waals surface area contributed by atoms with Crippen LogP contribution in [0.5, 0.6) is 0 Å². The summed E-state index contributed by atoms with van der Waals surface area (Å²) in [5.41, 5.74) is 2.36. The normalized spacial score (nSPS) is 24.4. The molecule has 1 aromatic rings. The summed E-state index contributed by atoms with van der Waals surface area (Å²) in [6.07, 6.45) is 6.82. The lowest BCUT2D eigenvalue weighted by Gasteiger charge is -2.33. The van der Waals surface area contributed by atoms with E-state index >= 15 is 0 Å². The molecule has 6 heteroatoms. The van der Waals surface area contributed by atoms with E-state index in [1.807, 2.05) is 11.2 Å². The van der Waals surface area contributed by atoms with E-state index in [1.165, 1.54) is 18.5 Å². The first-order chi connectivity index (χ1) is 12.2. The highest BCUT2D eigenvalue weighted by molar-refractivity contribution is 5.73. The number of hydrogen-bond donors (Lipinski definition) is 0. The van der Waals surface area contributed by atoms with Gasteiger partial charge in [-0.25, -0.2) is 4.98 Å². The Morgan fingerprint density at radius 2 is 2.04 bits per heavy atom. The van der Waals surface area contributed by atoms with Crippen molar-refractivity contribution in [1.82, 2.24) is 14.5 Å². The van der Waals surface area contributed by atoms with E-state index < -0.39 is 0 Å². The van der Waals surface area contributed by atoms with Gasteiger partial charge in [0.25, 0.3) is 0 Å². The molecule has 1 amide bonds. The summed E-state index contributed by atoms with van der Waals surface area (Å²) in [5.74, 6) is 1.77. The van der Waals surface area contributed by atoms with Crippen molar-refractivity contribution in [3.05, 3.63) is 17.7 Å². The van der Waals surface area contributed by atoms with Crippen LogP contribution in [0.1, 0.15) is 49.9 Å². The highest BCUT2D eigenvalue weighted by Gasteiger charge is 2.33. The zero-order valence-electron chi connectivity index (χ0n) is 15.2. The van der Waals surface area contributed by atoms with Crippen molar-refractivity contribution < 1.29 is 14.3 Å². The van der Waals surface area contributed by atoms with Gasteiger partial charge < -0.3 is 18.9 Å². The topological polar surface area (TPSA) is 56.6 Å². The molecule has 1 aromatic heterocycles. The summed E-state index contributed by atoms with van der Waals surface area (Å²) in [5, 5.41) is 0. The van der Waals surface area contributed by atoms with Gasteiger partial charge in [-0.15, -0.1) is 0 Å². The van der Waals surface area contributed by atoms with Crippen LogP contribution in [0.3, 0.4) is 0 Å². The number of nitrogens with zero attached hydrogens (tertiary/aromatic N) is 3. The van der Waals surface area contributed by atoms with Crippen LogP contribution >= 0.6 is 0 Å². The largest absolute Gasteiger partial charge is 0.381 e. The van der Waals surface area contributed by atoms with Gasteiger partial charge in [0.15, 0.2) is 0 Å². The Labute approximate surface area is 149 Å². The van der Waals surface area contributed by atoms with Crippen LogP contribution in [-0.4, -0.2) is 53.3 Å². The van der Waals surface area contributed by atoms with Crippen molar-refractivity contribution >= 4 is 5.91 Å². The van der Waals surface area contributed by atoms with Gasteiger partial charge >= 0.3 is 0 Å². The fourth-order valence-electron chi connectivity index (χ4n) is 4.01. The molecule has 2 fully saturated rings. The first kappa shape index (κ1) is 17.0. The van der Waals surface area contributed by atoms with Crippen molar-refractivity contribution in [2.45, 2.75) is 51.6 Å². The molecule has 3 heterocycles. The molecule has 1 saturated heterocycles. The number of aromatic nitrogens is 2. The molecule has 4 rings (SSSR count). The molecule has 0 spiro atoms. The van der Waals surface area contributed by atoms with Gasteiger partial charge in [0.1, 0.15) is 0 Å². The minimum Gasteiger partial charge on any atom is -0.381 e. The molecule has 25 heavy (non-hydrogen) atoms. The number of hydrogen-bond acceptors (Lipinski definition) is 4. The molecular formula is C19H29N3O3.